The lowest BCUT2D eigenvalue weighted by Crippen LogP contribution is -2.40. The van der Waals surface area contributed by atoms with Crippen LogP contribution in [0.2, 0.25) is 0 Å². The molecule has 1 atom stereocenters. The van der Waals surface area contributed by atoms with E-state index in [9.17, 15) is 8.42 Å². The Balaban J connectivity index is 2.75. The highest BCUT2D eigenvalue weighted by atomic mass is 32.2. The average Bonchev–Trinajstić information content (AvgIpc) is 2.18. The maximum atomic E-state index is 11.5. The minimum absolute atomic E-state index is 0.356. The number of sulfonamides is 1. The molecule has 0 bridgehead atoms. The maximum absolute atomic E-state index is 11.5. The molecule has 0 aliphatic carbocycles. The van der Waals surface area contributed by atoms with Gasteiger partial charge in [-0.15, -0.1) is 0 Å². The number of hydrogen-bond donors (Lipinski definition) is 0. The summed E-state index contributed by atoms with van der Waals surface area (Å²) in [7, 11) is -3.56. The van der Waals surface area contributed by atoms with Crippen LogP contribution in [-0.2, 0) is 14.9 Å². The lowest BCUT2D eigenvalue weighted by molar-refractivity contribution is -0.109. The van der Waals surface area contributed by atoms with E-state index < -0.39 is 15.3 Å². The zero-order valence-corrected chi connectivity index (χ0v) is 8.25. The smallest absolute Gasteiger partial charge is 0.252 e. The first-order valence-corrected chi connectivity index (χ1v) is 5.63. The van der Waals surface area contributed by atoms with E-state index in [4.69, 9.17) is 10.1 Å². The van der Waals surface area contributed by atoms with Crippen LogP contribution in [0.5, 0.6) is 0 Å². The number of nitrogens with zero attached hydrogens (tertiary/aromatic N) is 2. The molecule has 1 saturated heterocycles. The fourth-order valence-electron chi connectivity index (χ4n) is 1.02. The van der Waals surface area contributed by atoms with E-state index in [2.05, 4.69) is 0 Å². The van der Waals surface area contributed by atoms with Crippen molar-refractivity contribution >= 4 is 10.0 Å². The molecule has 1 heterocycles. The Morgan fingerprint density at radius 2 is 2.23 bits per heavy atom. The third kappa shape index (κ3) is 2.18. The van der Waals surface area contributed by atoms with Gasteiger partial charge in [0, 0.05) is 6.54 Å². The van der Waals surface area contributed by atoms with E-state index in [0.29, 0.717) is 13.2 Å². The van der Waals surface area contributed by atoms with Crippen molar-refractivity contribution in [2.45, 2.75) is 25.0 Å². The van der Waals surface area contributed by atoms with Crippen molar-refractivity contribution in [2.24, 2.45) is 0 Å². The van der Waals surface area contributed by atoms with Crippen LogP contribution < -0.4 is 0 Å². The highest BCUT2D eigenvalue weighted by Crippen LogP contribution is 2.14. The molecule has 6 heteroatoms. The van der Waals surface area contributed by atoms with Gasteiger partial charge in [0.25, 0.3) is 10.0 Å². The normalized spacial score (nSPS) is 22.2. The van der Waals surface area contributed by atoms with Crippen molar-refractivity contribution in [2.75, 3.05) is 13.2 Å². The summed E-state index contributed by atoms with van der Waals surface area (Å²) in [5.74, 6) is 0. The monoisotopic (exact) mass is 204 g/mol. The Labute approximate surface area is 77.9 Å². The third-order valence-electron chi connectivity index (χ3n) is 1.88. The van der Waals surface area contributed by atoms with Gasteiger partial charge < -0.3 is 0 Å². The third-order valence-corrected chi connectivity index (χ3v) is 3.74. The summed E-state index contributed by atoms with van der Waals surface area (Å²) < 4.78 is 23.9. The summed E-state index contributed by atoms with van der Waals surface area (Å²) >= 11 is 0. The SMILES string of the molecule is CC(C#N)S(=O)(=O)N1CCCCO1. The molecular weight excluding hydrogens is 192 g/mol. The summed E-state index contributed by atoms with van der Waals surface area (Å²) in [6, 6.07) is 1.69. The van der Waals surface area contributed by atoms with E-state index in [-0.39, 0.29) is 0 Å². The van der Waals surface area contributed by atoms with E-state index in [1.807, 2.05) is 0 Å². The van der Waals surface area contributed by atoms with Gasteiger partial charge in [0.15, 0.2) is 5.25 Å². The summed E-state index contributed by atoms with van der Waals surface area (Å²) in [4.78, 5) is 4.96. The second-order valence-corrected chi connectivity index (χ2v) is 5.03. The van der Waals surface area contributed by atoms with Gasteiger partial charge in [-0.25, -0.2) is 8.42 Å². The summed E-state index contributed by atoms with van der Waals surface area (Å²) in [5.41, 5.74) is 0. The van der Waals surface area contributed by atoms with E-state index >= 15 is 0 Å². The molecule has 0 spiro atoms. The van der Waals surface area contributed by atoms with Crippen LogP contribution in [0, 0.1) is 11.3 Å². The van der Waals surface area contributed by atoms with Crippen LogP contribution in [0.15, 0.2) is 0 Å². The molecule has 0 aromatic heterocycles. The molecule has 74 valence electrons. The predicted molar refractivity (Wildman–Crippen MR) is 45.9 cm³/mol. The van der Waals surface area contributed by atoms with Gasteiger partial charge in [-0.3, -0.25) is 4.84 Å². The van der Waals surface area contributed by atoms with E-state index in [0.717, 1.165) is 17.3 Å². The number of hydrogen-bond acceptors (Lipinski definition) is 4. The number of hydroxylamine groups is 1. The first-order chi connectivity index (χ1) is 6.09. The lowest BCUT2D eigenvalue weighted by atomic mass is 10.3. The molecule has 1 fully saturated rings. The average molecular weight is 204 g/mol. The molecule has 0 N–H and O–H groups in total. The predicted octanol–water partition coefficient (Wildman–Crippen LogP) is 0.256. The molecule has 1 aliphatic rings. The van der Waals surface area contributed by atoms with Crippen molar-refractivity contribution < 1.29 is 13.3 Å². The first kappa shape index (κ1) is 10.4. The van der Waals surface area contributed by atoms with Gasteiger partial charge in [0.2, 0.25) is 0 Å². The minimum atomic E-state index is -3.56. The fourth-order valence-corrected chi connectivity index (χ4v) is 2.11. The molecule has 0 amide bonds. The summed E-state index contributed by atoms with van der Waals surface area (Å²) in [6.07, 6.45) is 1.66. The molecule has 1 rings (SSSR count). The second kappa shape index (κ2) is 4.05. The highest BCUT2D eigenvalue weighted by Gasteiger charge is 2.30. The van der Waals surface area contributed by atoms with Crippen LogP contribution in [0.4, 0.5) is 0 Å². The Hall–Kier alpha value is -0.640. The largest absolute Gasteiger partial charge is 0.284 e. The van der Waals surface area contributed by atoms with Crippen LogP contribution >= 0.6 is 0 Å². The summed E-state index contributed by atoms with van der Waals surface area (Å²) in [6.45, 7) is 2.12. The van der Waals surface area contributed by atoms with Crippen molar-refractivity contribution in [3.8, 4) is 6.07 Å². The van der Waals surface area contributed by atoms with Gasteiger partial charge in [-0.1, -0.05) is 4.47 Å². The minimum Gasteiger partial charge on any atom is -0.284 e. The zero-order chi connectivity index (χ0) is 9.90. The van der Waals surface area contributed by atoms with Crippen LogP contribution in [0.3, 0.4) is 0 Å². The van der Waals surface area contributed by atoms with Gasteiger partial charge in [0.1, 0.15) is 0 Å². The molecule has 0 radical (unpaired) electrons. The number of nitriles is 1. The fraction of sp³-hybridized carbons (Fsp3) is 0.857. The maximum Gasteiger partial charge on any atom is 0.252 e. The standard InChI is InChI=1S/C7H12N2O3S/c1-7(6-8)13(10,11)9-4-2-3-5-12-9/h7H,2-5H2,1H3. The van der Waals surface area contributed by atoms with Gasteiger partial charge in [-0.2, -0.15) is 5.26 Å². The Kier molecular flexibility index (Phi) is 3.25. The molecule has 5 nitrogen and oxygen atoms in total. The Morgan fingerprint density at radius 1 is 1.54 bits per heavy atom. The molecule has 0 saturated carbocycles. The van der Waals surface area contributed by atoms with Crippen molar-refractivity contribution in [1.82, 2.24) is 4.47 Å². The van der Waals surface area contributed by atoms with Crippen molar-refractivity contribution in [3.05, 3.63) is 0 Å². The number of rotatable bonds is 2. The molecular formula is C7H12N2O3S. The van der Waals surface area contributed by atoms with Crippen molar-refractivity contribution in [1.29, 1.82) is 5.26 Å². The van der Waals surface area contributed by atoms with Gasteiger partial charge >= 0.3 is 0 Å². The Morgan fingerprint density at radius 3 is 2.69 bits per heavy atom. The molecule has 0 aromatic rings. The van der Waals surface area contributed by atoms with Gasteiger partial charge in [-0.05, 0) is 19.8 Å². The molecule has 1 aliphatic heterocycles. The van der Waals surface area contributed by atoms with Crippen LogP contribution in [0.25, 0.3) is 0 Å². The topological polar surface area (TPSA) is 70.4 Å². The highest BCUT2D eigenvalue weighted by molar-refractivity contribution is 7.89. The van der Waals surface area contributed by atoms with E-state index in [1.54, 1.807) is 6.07 Å². The Bertz CT molecular complexity index is 300. The molecule has 0 aromatic carbocycles. The molecule has 1 unspecified atom stereocenters. The summed E-state index contributed by atoms with van der Waals surface area (Å²) in [5, 5.41) is 7.45. The zero-order valence-electron chi connectivity index (χ0n) is 7.43. The first-order valence-electron chi connectivity index (χ1n) is 4.13. The van der Waals surface area contributed by atoms with Crippen LogP contribution in [0.1, 0.15) is 19.8 Å². The van der Waals surface area contributed by atoms with Crippen molar-refractivity contribution in [3.63, 3.8) is 0 Å². The van der Waals surface area contributed by atoms with Crippen LogP contribution in [-0.4, -0.2) is 31.3 Å². The molecule has 13 heavy (non-hydrogen) atoms. The van der Waals surface area contributed by atoms with Gasteiger partial charge in [0.05, 0.1) is 12.7 Å². The quantitative estimate of drug-likeness (QED) is 0.646. The lowest BCUT2D eigenvalue weighted by Gasteiger charge is -2.25. The second-order valence-electron chi connectivity index (χ2n) is 2.88. The van der Waals surface area contributed by atoms with E-state index in [1.165, 1.54) is 6.92 Å².